The molecule has 0 aromatic carbocycles. The number of hydrogen-bond acceptors (Lipinski definition) is 5. The van der Waals surface area contributed by atoms with Crippen LogP contribution in [0.25, 0.3) is 0 Å². The van der Waals surface area contributed by atoms with Gasteiger partial charge in [-0.3, -0.25) is 4.79 Å². The number of sulfone groups is 1. The zero-order valence-electron chi connectivity index (χ0n) is 10.9. The maximum atomic E-state index is 11.9. The van der Waals surface area contributed by atoms with Crippen molar-refractivity contribution in [3.8, 4) is 0 Å². The third-order valence-electron chi connectivity index (χ3n) is 2.86. The zero-order chi connectivity index (χ0) is 14.4. The largest absolute Gasteiger partial charge is 0.409 e. The Hall–Kier alpha value is -1.31. The molecule has 0 spiro atoms. The van der Waals surface area contributed by atoms with Gasteiger partial charge in [-0.1, -0.05) is 12.1 Å². The average Bonchev–Trinajstić information content (AvgIpc) is 2.30. The fourth-order valence-corrected chi connectivity index (χ4v) is 1.97. The maximum absolute atomic E-state index is 11.9. The summed E-state index contributed by atoms with van der Waals surface area (Å²) < 4.78 is 21.8. The summed E-state index contributed by atoms with van der Waals surface area (Å²) in [6.45, 7) is 3.54. The van der Waals surface area contributed by atoms with Crippen molar-refractivity contribution in [1.29, 1.82) is 0 Å². The molecule has 0 aliphatic heterocycles. The van der Waals surface area contributed by atoms with Gasteiger partial charge in [-0.15, -0.1) is 0 Å². The summed E-state index contributed by atoms with van der Waals surface area (Å²) in [5.74, 6) is -0.529. The molecule has 0 heterocycles. The molecule has 0 radical (unpaired) electrons. The fourth-order valence-electron chi connectivity index (χ4n) is 1.30. The second-order valence-electron chi connectivity index (χ2n) is 4.41. The molecule has 0 saturated heterocycles. The summed E-state index contributed by atoms with van der Waals surface area (Å²) in [6, 6.07) is 0. The molecule has 0 aliphatic rings. The van der Waals surface area contributed by atoms with Crippen LogP contribution in [0.4, 0.5) is 0 Å². The normalized spacial score (nSPS) is 16.1. The van der Waals surface area contributed by atoms with Gasteiger partial charge in [0.25, 0.3) is 0 Å². The minimum absolute atomic E-state index is 0.0136. The molecule has 106 valence electrons. The zero-order valence-corrected chi connectivity index (χ0v) is 11.7. The van der Waals surface area contributed by atoms with E-state index in [9.17, 15) is 13.2 Å². The van der Waals surface area contributed by atoms with Crippen LogP contribution in [0, 0.1) is 5.41 Å². The molecule has 0 rings (SSSR count). The van der Waals surface area contributed by atoms with Crippen LogP contribution in [0.1, 0.15) is 26.7 Å². The Labute approximate surface area is 107 Å². The number of nitrogens with two attached hydrogens (primary N) is 1. The van der Waals surface area contributed by atoms with Crippen molar-refractivity contribution in [3.05, 3.63) is 0 Å². The van der Waals surface area contributed by atoms with Crippen LogP contribution in [-0.2, 0) is 14.6 Å². The van der Waals surface area contributed by atoms with Gasteiger partial charge in [0.05, 0.1) is 5.75 Å². The smallest absolute Gasteiger partial charge is 0.233 e. The molecular weight excluding hydrogens is 258 g/mol. The first-order valence-electron chi connectivity index (χ1n) is 5.61. The van der Waals surface area contributed by atoms with E-state index in [2.05, 4.69) is 10.5 Å². The summed E-state index contributed by atoms with van der Waals surface area (Å²) in [5.41, 5.74) is 4.40. The first-order valence-corrected chi connectivity index (χ1v) is 7.67. The van der Waals surface area contributed by atoms with Crippen molar-refractivity contribution in [2.75, 3.05) is 18.6 Å². The van der Waals surface area contributed by atoms with E-state index in [1.165, 1.54) is 0 Å². The Balaban J connectivity index is 4.40. The van der Waals surface area contributed by atoms with E-state index in [-0.39, 0.29) is 24.0 Å². The highest BCUT2D eigenvalue weighted by molar-refractivity contribution is 7.90. The van der Waals surface area contributed by atoms with Crippen molar-refractivity contribution in [1.82, 2.24) is 5.32 Å². The number of oxime groups is 1. The highest BCUT2D eigenvalue weighted by atomic mass is 32.2. The number of nitrogens with one attached hydrogen (secondary N) is 1. The SMILES string of the molecule is CCC(C)(C(=O)NCCCS(C)(=O)=O)C(N)=NO. The van der Waals surface area contributed by atoms with Gasteiger partial charge in [0.2, 0.25) is 5.91 Å². The Morgan fingerprint density at radius 3 is 2.44 bits per heavy atom. The van der Waals surface area contributed by atoms with E-state index in [4.69, 9.17) is 10.9 Å². The van der Waals surface area contributed by atoms with Gasteiger partial charge in [-0.25, -0.2) is 8.42 Å². The van der Waals surface area contributed by atoms with Gasteiger partial charge >= 0.3 is 0 Å². The van der Waals surface area contributed by atoms with E-state index in [1.807, 2.05) is 0 Å². The molecule has 0 bridgehead atoms. The van der Waals surface area contributed by atoms with Crippen LogP contribution < -0.4 is 11.1 Å². The quantitative estimate of drug-likeness (QED) is 0.194. The lowest BCUT2D eigenvalue weighted by Gasteiger charge is -2.25. The van der Waals surface area contributed by atoms with Crippen molar-refractivity contribution < 1.29 is 18.4 Å². The van der Waals surface area contributed by atoms with E-state index >= 15 is 0 Å². The van der Waals surface area contributed by atoms with Crippen molar-refractivity contribution in [3.63, 3.8) is 0 Å². The van der Waals surface area contributed by atoms with E-state index in [1.54, 1.807) is 13.8 Å². The van der Waals surface area contributed by atoms with Gasteiger partial charge in [-0.2, -0.15) is 0 Å². The topological polar surface area (TPSA) is 122 Å². The number of carbonyl (C=O) groups is 1. The van der Waals surface area contributed by atoms with Gasteiger partial charge in [-0.05, 0) is 19.8 Å². The molecule has 0 fully saturated rings. The summed E-state index contributed by atoms with van der Waals surface area (Å²) >= 11 is 0. The summed E-state index contributed by atoms with van der Waals surface area (Å²) in [7, 11) is -3.02. The Bertz CT molecular complexity index is 419. The van der Waals surface area contributed by atoms with Crippen LogP contribution in [0.15, 0.2) is 5.16 Å². The van der Waals surface area contributed by atoms with Crippen LogP contribution in [0.5, 0.6) is 0 Å². The predicted octanol–water partition coefficient (Wildman–Crippen LogP) is -0.300. The number of hydrogen-bond donors (Lipinski definition) is 3. The lowest BCUT2D eigenvalue weighted by Crippen LogP contribution is -2.47. The van der Waals surface area contributed by atoms with E-state index in [0.29, 0.717) is 12.8 Å². The minimum atomic E-state index is -3.02. The molecule has 0 aromatic heterocycles. The molecule has 0 aromatic rings. The molecule has 0 saturated carbocycles. The number of carbonyl (C=O) groups excluding carboxylic acids is 1. The standard InChI is InChI=1S/C10H21N3O4S/c1-4-10(2,8(11)13-15)9(14)12-6-5-7-18(3,16)17/h15H,4-7H2,1-3H3,(H2,11,13)(H,12,14). The van der Waals surface area contributed by atoms with Crippen molar-refractivity contribution in [2.45, 2.75) is 26.7 Å². The Morgan fingerprint density at radius 1 is 1.50 bits per heavy atom. The molecule has 1 unspecified atom stereocenters. The third kappa shape index (κ3) is 4.91. The molecule has 1 atom stereocenters. The number of rotatable bonds is 7. The summed E-state index contributed by atoms with van der Waals surface area (Å²) in [6.07, 6.45) is 1.85. The molecule has 0 aliphatic carbocycles. The predicted molar refractivity (Wildman–Crippen MR) is 69.1 cm³/mol. The number of amidine groups is 1. The third-order valence-corrected chi connectivity index (χ3v) is 3.89. The lowest BCUT2D eigenvalue weighted by atomic mass is 9.85. The van der Waals surface area contributed by atoms with Crippen molar-refractivity contribution >= 4 is 21.6 Å². The van der Waals surface area contributed by atoms with E-state index < -0.39 is 15.3 Å². The van der Waals surface area contributed by atoms with Crippen LogP contribution >= 0.6 is 0 Å². The molecular formula is C10H21N3O4S. The molecule has 7 nitrogen and oxygen atoms in total. The van der Waals surface area contributed by atoms with Gasteiger partial charge in [0.1, 0.15) is 15.3 Å². The second kappa shape index (κ2) is 6.58. The summed E-state index contributed by atoms with van der Waals surface area (Å²) in [4.78, 5) is 11.9. The van der Waals surface area contributed by atoms with Crippen LogP contribution in [-0.4, -0.2) is 43.9 Å². The number of nitrogens with zero attached hydrogens (tertiary/aromatic N) is 1. The minimum Gasteiger partial charge on any atom is -0.409 e. The molecule has 8 heteroatoms. The average molecular weight is 279 g/mol. The Kier molecular flexibility index (Phi) is 6.10. The number of amides is 1. The summed E-state index contributed by atoms with van der Waals surface area (Å²) in [5, 5.41) is 14.1. The maximum Gasteiger partial charge on any atom is 0.233 e. The van der Waals surface area contributed by atoms with E-state index in [0.717, 1.165) is 6.26 Å². The van der Waals surface area contributed by atoms with Gasteiger partial charge < -0.3 is 16.3 Å². The van der Waals surface area contributed by atoms with Crippen LogP contribution in [0.3, 0.4) is 0 Å². The van der Waals surface area contributed by atoms with Gasteiger partial charge in [0, 0.05) is 12.8 Å². The fraction of sp³-hybridized carbons (Fsp3) is 0.800. The lowest BCUT2D eigenvalue weighted by molar-refractivity contribution is -0.127. The molecule has 4 N–H and O–H groups in total. The highest BCUT2D eigenvalue weighted by Crippen LogP contribution is 2.21. The van der Waals surface area contributed by atoms with Crippen LogP contribution in [0.2, 0.25) is 0 Å². The Morgan fingerprint density at radius 2 is 2.06 bits per heavy atom. The molecule has 1 amide bonds. The highest BCUT2D eigenvalue weighted by Gasteiger charge is 2.36. The first kappa shape index (κ1) is 16.7. The van der Waals surface area contributed by atoms with Gasteiger partial charge in [0.15, 0.2) is 5.84 Å². The second-order valence-corrected chi connectivity index (χ2v) is 6.67. The monoisotopic (exact) mass is 279 g/mol. The molecule has 18 heavy (non-hydrogen) atoms. The first-order chi connectivity index (χ1) is 8.17. The van der Waals surface area contributed by atoms with Crippen molar-refractivity contribution in [2.24, 2.45) is 16.3 Å².